The van der Waals surface area contributed by atoms with E-state index in [1.165, 1.54) is 0 Å². The summed E-state index contributed by atoms with van der Waals surface area (Å²) in [5.74, 6) is 1.89. The van der Waals surface area contributed by atoms with Gasteiger partial charge in [0.05, 0.1) is 45.5 Å². The molecule has 0 bridgehead atoms. The molecular weight excluding hydrogens is 540 g/mol. The Hall–Kier alpha value is -6.14. The zero-order valence-electron chi connectivity index (χ0n) is 23.8. The van der Waals surface area contributed by atoms with Crippen molar-refractivity contribution in [3.8, 4) is 11.4 Å². The summed E-state index contributed by atoms with van der Waals surface area (Å²) in [5.41, 5.74) is 9.81. The molecular formula is C38H28N6. The minimum Gasteiger partial charge on any atom is -0.340 e. The third kappa shape index (κ3) is 4.74. The van der Waals surface area contributed by atoms with Gasteiger partial charge >= 0.3 is 0 Å². The van der Waals surface area contributed by atoms with Gasteiger partial charge in [0.25, 0.3) is 0 Å². The molecule has 2 N–H and O–H groups in total. The number of hydrogen-bond acceptors (Lipinski definition) is 6. The van der Waals surface area contributed by atoms with Crippen molar-refractivity contribution in [1.82, 2.24) is 9.97 Å². The van der Waals surface area contributed by atoms with E-state index in [2.05, 4.69) is 118 Å². The number of anilines is 6. The third-order valence-corrected chi connectivity index (χ3v) is 7.70. The molecule has 210 valence electrons. The number of pyridine rings is 2. The fraction of sp³-hybridized carbons (Fsp3) is 0. The minimum atomic E-state index is 0.809. The van der Waals surface area contributed by atoms with Crippen molar-refractivity contribution in [2.24, 2.45) is 0 Å². The zero-order valence-corrected chi connectivity index (χ0v) is 23.8. The molecule has 0 atom stereocenters. The maximum Gasteiger partial charge on any atom is 0.117 e. The molecule has 0 unspecified atom stereocenters. The number of para-hydroxylation sites is 6. The predicted molar refractivity (Wildman–Crippen MR) is 181 cm³/mol. The molecule has 0 saturated heterocycles. The van der Waals surface area contributed by atoms with Crippen LogP contribution in [0.1, 0.15) is 11.4 Å². The van der Waals surface area contributed by atoms with Gasteiger partial charge in [0.1, 0.15) is 11.6 Å². The lowest BCUT2D eigenvalue weighted by Gasteiger charge is -2.20. The van der Waals surface area contributed by atoms with Gasteiger partial charge in [-0.1, -0.05) is 72.8 Å². The van der Waals surface area contributed by atoms with Crippen LogP contribution in [0.5, 0.6) is 0 Å². The number of benzene rings is 4. The van der Waals surface area contributed by atoms with Gasteiger partial charge in [0.15, 0.2) is 0 Å². The summed E-state index contributed by atoms with van der Waals surface area (Å²) in [6, 6.07) is 49.5. The monoisotopic (exact) mass is 568 g/mol. The summed E-state index contributed by atoms with van der Waals surface area (Å²) >= 11 is 0. The maximum absolute atomic E-state index is 5.01. The number of nitrogens with one attached hydrogen (secondary N) is 2. The Morgan fingerprint density at radius 3 is 1.27 bits per heavy atom. The second-order valence-corrected chi connectivity index (χ2v) is 10.6. The molecule has 6 heteroatoms. The summed E-state index contributed by atoms with van der Waals surface area (Å²) in [6.45, 7) is 0. The molecule has 6 nitrogen and oxygen atoms in total. The Bertz CT molecular complexity index is 1890. The predicted octanol–water partition coefficient (Wildman–Crippen LogP) is 9.27. The standard InChI is InChI=1S/C38H28N6/c1-3-15-29(16-4-1)43-35-23-9-7-19-33(35)41-37(43)25-27-13-11-21-31(39-27)32-22-12-14-28(40-32)26-38-42-34-20-8-10-24-36(34)44(38)30-17-5-2-6-18-30/h1-26,41-42H/b37-25+,38-26+. The highest BCUT2D eigenvalue weighted by atomic mass is 15.3. The molecule has 4 heterocycles. The van der Waals surface area contributed by atoms with E-state index < -0.39 is 0 Å². The number of hydrogen-bond donors (Lipinski definition) is 2. The van der Waals surface area contributed by atoms with Crippen molar-refractivity contribution in [3.05, 3.63) is 169 Å². The molecule has 0 aliphatic carbocycles. The average Bonchev–Trinajstić information content (AvgIpc) is 3.63. The quantitative estimate of drug-likeness (QED) is 0.216. The lowest BCUT2D eigenvalue weighted by atomic mass is 10.2. The molecule has 4 aromatic carbocycles. The van der Waals surface area contributed by atoms with Gasteiger partial charge in [-0.3, -0.25) is 9.80 Å². The highest BCUT2D eigenvalue weighted by molar-refractivity contribution is 5.91. The first-order valence-electron chi connectivity index (χ1n) is 14.6. The molecule has 44 heavy (non-hydrogen) atoms. The summed E-state index contributed by atoms with van der Waals surface area (Å²) in [7, 11) is 0. The zero-order chi connectivity index (χ0) is 29.3. The molecule has 2 aliphatic rings. The summed E-state index contributed by atoms with van der Waals surface area (Å²) in [4.78, 5) is 14.5. The molecule has 0 radical (unpaired) electrons. The van der Waals surface area contributed by atoms with Gasteiger partial charge in [-0.15, -0.1) is 0 Å². The number of nitrogens with zero attached hydrogens (tertiary/aromatic N) is 4. The molecule has 0 amide bonds. The lowest BCUT2D eigenvalue weighted by Crippen LogP contribution is -2.14. The number of fused-ring (bicyclic) bond motifs is 2. The Morgan fingerprint density at radius 1 is 0.409 bits per heavy atom. The number of aromatic nitrogens is 2. The summed E-state index contributed by atoms with van der Waals surface area (Å²) < 4.78 is 0. The van der Waals surface area contributed by atoms with Crippen molar-refractivity contribution in [2.75, 3.05) is 20.4 Å². The molecule has 2 aromatic heterocycles. The first kappa shape index (κ1) is 25.6. The van der Waals surface area contributed by atoms with Crippen molar-refractivity contribution in [3.63, 3.8) is 0 Å². The van der Waals surface area contributed by atoms with Gasteiger partial charge in [-0.25, -0.2) is 9.97 Å². The van der Waals surface area contributed by atoms with Crippen LogP contribution in [0.2, 0.25) is 0 Å². The van der Waals surface area contributed by atoms with E-state index in [1.54, 1.807) is 0 Å². The molecule has 6 aromatic rings. The van der Waals surface area contributed by atoms with E-state index in [0.717, 1.165) is 68.5 Å². The average molecular weight is 569 g/mol. The molecule has 0 saturated carbocycles. The van der Waals surface area contributed by atoms with Crippen LogP contribution in [0.3, 0.4) is 0 Å². The van der Waals surface area contributed by atoms with Crippen LogP contribution < -0.4 is 20.4 Å². The second kappa shape index (κ2) is 10.9. The largest absolute Gasteiger partial charge is 0.340 e. The Balaban J connectivity index is 1.13. The number of rotatable bonds is 5. The van der Waals surface area contributed by atoms with Crippen molar-refractivity contribution in [2.45, 2.75) is 0 Å². The SMILES string of the molecule is C(=C1/Nc2ccccc2N1c1ccccc1)/c1cccc(-c2cccc(/C=C3\Nc4ccccc4N3c3ccccc3)n2)n1. The van der Waals surface area contributed by atoms with Crippen LogP contribution in [0.25, 0.3) is 23.5 Å². The van der Waals surface area contributed by atoms with Crippen molar-refractivity contribution < 1.29 is 0 Å². The van der Waals surface area contributed by atoms with Gasteiger partial charge in [0.2, 0.25) is 0 Å². The van der Waals surface area contributed by atoms with E-state index in [0.29, 0.717) is 0 Å². The molecule has 2 aliphatic heterocycles. The lowest BCUT2D eigenvalue weighted by molar-refractivity contribution is 1.19. The Labute approximate surface area is 256 Å². The third-order valence-electron chi connectivity index (χ3n) is 7.70. The van der Waals surface area contributed by atoms with Crippen molar-refractivity contribution in [1.29, 1.82) is 0 Å². The van der Waals surface area contributed by atoms with Gasteiger partial charge < -0.3 is 10.6 Å². The topological polar surface area (TPSA) is 56.3 Å². The summed E-state index contributed by atoms with van der Waals surface area (Å²) in [6.07, 6.45) is 4.17. The highest BCUT2D eigenvalue weighted by Crippen LogP contribution is 2.43. The smallest absolute Gasteiger partial charge is 0.117 e. The van der Waals surface area contributed by atoms with Gasteiger partial charge in [0, 0.05) is 23.5 Å². The second-order valence-electron chi connectivity index (χ2n) is 10.6. The van der Waals surface area contributed by atoms with Crippen LogP contribution in [0.15, 0.2) is 157 Å². The Kier molecular flexibility index (Phi) is 6.35. The Morgan fingerprint density at radius 2 is 0.818 bits per heavy atom. The van der Waals surface area contributed by atoms with Crippen LogP contribution in [-0.2, 0) is 0 Å². The van der Waals surface area contributed by atoms with Gasteiger partial charge in [-0.05, 0) is 72.8 Å². The molecule has 0 fully saturated rings. The van der Waals surface area contributed by atoms with E-state index >= 15 is 0 Å². The van der Waals surface area contributed by atoms with E-state index in [4.69, 9.17) is 9.97 Å². The molecule has 8 rings (SSSR count). The minimum absolute atomic E-state index is 0.809. The van der Waals surface area contributed by atoms with Crippen LogP contribution in [0.4, 0.5) is 34.1 Å². The van der Waals surface area contributed by atoms with E-state index in [1.807, 2.05) is 60.7 Å². The van der Waals surface area contributed by atoms with Gasteiger partial charge in [-0.2, -0.15) is 0 Å². The van der Waals surface area contributed by atoms with E-state index in [-0.39, 0.29) is 0 Å². The normalized spacial score (nSPS) is 15.2. The molecule has 0 spiro atoms. The van der Waals surface area contributed by atoms with Crippen LogP contribution in [-0.4, -0.2) is 9.97 Å². The summed E-state index contributed by atoms with van der Waals surface area (Å²) in [5, 5.41) is 7.15. The first-order valence-corrected chi connectivity index (χ1v) is 14.6. The fourth-order valence-electron chi connectivity index (χ4n) is 5.74. The maximum atomic E-state index is 5.01. The van der Waals surface area contributed by atoms with Crippen LogP contribution in [0, 0.1) is 0 Å². The van der Waals surface area contributed by atoms with Crippen molar-refractivity contribution >= 4 is 46.3 Å². The van der Waals surface area contributed by atoms with E-state index in [9.17, 15) is 0 Å². The fourth-order valence-corrected chi connectivity index (χ4v) is 5.74. The first-order chi connectivity index (χ1) is 21.8. The van der Waals surface area contributed by atoms with Crippen LogP contribution >= 0.6 is 0 Å². The highest BCUT2D eigenvalue weighted by Gasteiger charge is 2.26.